The molecule has 164 valence electrons. The van der Waals surface area contributed by atoms with Crippen molar-refractivity contribution >= 4 is 17.4 Å². The maximum absolute atomic E-state index is 12.3. The van der Waals surface area contributed by atoms with Crippen LogP contribution in [0.2, 0.25) is 0 Å². The van der Waals surface area contributed by atoms with Gasteiger partial charge in [-0.25, -0.2) is 9.78 Å². The molecule has 2 N–H and O–H groups in total. The molecule has 3 rings (SSSR count). The summed E-state index contributed by atoms with van der Waals surface area (Å²) in [4.78, 5) is 18.7. The van der Waals surface area contributed by atoms with Gasteiger partial charge in [-0.15, -0.1) is 0 Å². The number of hydrogen-bond acceptors (Lipinski definition) is 4. The molecule has 0 bridgehead atoms. The lowest BCUT2D eigenvalue weighted by Gasteiger charge is -2.21. The first-order chi connectivity index (χ1) is 14.9. The smallest absolute Gasteiger partial charge is 0.319 e. The van der Waals surface area contributed by atoms with Crippen molar-refractivity contribution in [3.63, 3.8) is 0 Å². The number of aryl methyl sites for hydroxylation is 1. The van der Waals surface area contributed by atoms with Crippen molar-refractivity contribution in [2.75, 3.05) is 30.9 Å². The summed E-state index contributed by atoms with van der Waals surface area (Å²) in [6.45, 7) is 5.17. The van der Waals surface area contributed by atoms with Gasteiger partial charge in [-0.2, -0.15) is 0 Å². The number of imidazole rings is 1. The summed E-state index contributed by atoms with van der Waals surface area (Å²) in [6, 6.07) is 15.7. The standard InChI is InChI=1S/C24H31N5O2/c1-18(2)26-24(30)27-23-21(28(3)4)12-8-13-22(23)31-15-9-14-29-16-20(25-17-29)19-10-6-5-7-11-19/h5-8,10-13,16-18H,9,14-15H2,1-4H3,(H2,26,27,30). The van der Waals surface area contributed by atoms with Gasteiger partial charge in [0.25, 0.3) is 0 Å². The highest BCUT2D eigenvalue weighted by molar-refractivity contribution is 5.95. The number of nitrogens with one attached hydrogen (secondary N) is 2. The number of ether oxygens (including phenoxy) is 1. The van der Waals surface area contributed by atoms with E-state index in [2.05, 4.69) is 32.3 Å². The third kappa shape index (κ3) is 6.25. The molecule has 0 aliphatic carbocycles. The highest BCUT2D eigenvalue weighted by Crippen LogP contribution is 2.34. The Morgan fingerprint density at radius 1 is 1.13 bits per heavy atom. The van der Waals surface area contributed by atoms with Crippen molar-refractivity contribution in [2.45, 2.75) is 32.9 Å². The van der Waals surface area contributed by atoms with Crippen molar-refractivity contribution < 1.29 is 9.53 Å². The fourth-order valence-corrected chi connectivity index (χ4v) is 3.22. The molecule has 1 aromatic heterocycles. The van der Waals surface area contributed by atoms with E-state index >= 15 is 0 Å². The third-order valence-electron chi connectivity index (χ3n) is 4.67. The number of nitrogens with zero attached hydrogens (tertiary/aromatic N) is 3. The van der Waals surface area contributed by atoms with Crippen LogP contribution in [0.4, 0.5) is 16.2 Å². The zero-order valence-corrected chi connectivity index (χ0v) is 18.6. The maximum atomic E-state index is 12.3. The van der Waals surface area contributed by atoms with E-state index in [0.29, 0.717) is 18.0 Å². The van der Waals surface area contributed by atoms with Crippen molar-refractivity contribution in [2.24, 2.45) is 0 Å². The minimum atomic E-state index is -0.249. The van der Waals surface area contributed by atoms with Gasteiger partial charge in [-0.05, 0) is 32.4 Å². The predicted octanol–water partition coefficient (Wildman–Crippen LogP) is 4.62. The number of anilines is 2. The van der Waals surface area contributed by atoms with Gasteiger partial charge in [0.05, 0.1) is 24.3 Å². The summed E-state index contributed by atoms with van der Waals surface area (Å²) in [5.41, 5.74) is 3.62. The van der Waals surface area contributed by atoms with E-state index in [1.807, 2.05) is 81.8 Å². The molecular formula is C24H31N5O2. The van der Waals surface area contributed by atoms with E-state index in [-0.39, 0.29) is 12.1 Å². The van der Waals surface area contributed by atoms with Crippen molar-refractivity contribution in [3.8, 4) is 17.0 Å². The average molecular weight is 422 g/mol. The molecule has 0 aliphatic rings. The number of rotatable bonds is 9. The van der Waals surface area contributed by atoms with Crippen LogP contribution < -0.4 is 20.3 Å². The minimum Gasteiger partial charge on any atom is -0.491 e. The van der Waals surface area contributed by atoms with Crippen LogP contribution in [0, 0.1) is 0 Å². The molecule has 0 saturated carbocycles. The first-order valence-electron chi connectivity index (χ1n) is 10.5. The van der Waals surface area contributed by atoms with Crippen molar-refractivity contribution in [1.82, 2.24) is 14.9 Å². The molecule has 7 nitrogen and oxygen atoms in total. The Kier molecular flexibility index (Phi) is 7.54. The lowest BCUT2D eigenvalue weighted by Crippen LogP contribution is -2.34. The van der Waals surface area contributed by atoms with Crippen LogP contribution in [0.25, 0.3) is 11.3 Å². The molecule has 31 heavy (non-hydrogen) atoms. The van der Waals surface area contributed by atoms with Gasteiger partial charge in [-0.3, -0.25) is 0 Å². The molecule has 0 atom stereocenters. The summed E-state index contributed by atoms with van der Waals surface area (Å²) in [5, 5.41) is 5.79. The summed E-state index contributed by atoms with van der Waals surface area (Å²) >= 11 is 0. The van der Waals surface area contributed by atoms with Crippen molar-refractivity contribution in [1.29, 1.82) is 0 Å². The molecule has 7 heteroatoms. The zero-order valence-electron chi connectivity index (χ0n) is 18.6. The number of urea groups is 1. The number of amides is 2. The summed E-state index contributed by atoms with van der Waals surface area (Å²) in [7, 11) is 3.88. The Bertz CT molecular complexity index is 983. The highest BCUT2D eigenvalue weighted by atomic mass is 16.5. The first-order valence-corrected chi connectivity index (χ1v) is 10.5. The van der Waals surface area contributed by atoms with Crippen LogP contribution in [0.5, 0.6) is 5.75 Å². The van der Waals surface area contributed by atoms with E-state index in [4.69, 9.17) is 4.74 Å². The molecule has 2 aromatic carbocycles. The normalized spacial score (nSPS) is 10.7. The maximum Gasteiger partial charge on any atom is 0.319 e. The average Bonchev–Trinajstić information content (AvgIpc) is 3.21. The van der Waals surface area contributed by atoms with Gasteiger partial charge in [0.2, 0.25) is 0 Å². The van der Waals surface area contributed by atoms with Gasteiger partial charge in [0.15, 0.2) is 0 Å². The van der Waals surface area contributed by atoms with Crippen LogP contribution in [-0.2, 0) is 6.54 Å². The van der Waals surface area contributed by atoms with Crippen LogP contribution in [0.3, 0.4) is 0 Å². The molecular weight excluding hydrogens is 390 g/mol. The van der Waals surface area contributed by atoms with Gasteiger partial charge in [-0.1, -0.05) is 36.4 Å². The zero-order chi connectivity index (χ0) is 22.2. The number of carbonyl (C=O) groups excluding carboxylic acids is 1. The largest absolute Gasteiger partial charge is 0.491 e. The molecule has 0 radical (unpaired) electrons. The molecule has 1 heterocycles. The monoisotopic (exact) mass is 421 g/mol. The van der Waals surface area contributed by atoms with Crippen LogP contribution in [-0.4, -0.2) is 42.3 Å². The second-order valence-electron chi connectivity index (χ2n) is 7.86. The van der Waals surface area contributed by atoms with E-state index < -0.39 is 0 Å². The van der Waals surface area contributed by atoms with Gasteiger partial charge in [0, 0.05) is 38.4 Å². The second kappa shape index (κ2) is 10.5. The predicted molar refractivity (Wildman–Crippen MR) is 126 cm³/mol. The van der Waals surface area contributed by atoms with Crippen LogP contribution >= 0.6 is 0 Å². The molecule has 0 saturated heterocycles. The van der Waals surface area contributed by atoms with E-state index in [1.165, 1.54) is 0 Å². The molecule has 2 amide bonds. The molecule has 3 aromatic rings. The van der Waals surface area contributed by atoms with Gasteiger partial charge in [0.1, 0.15) is 11.4 Å². The molecule has 0 fully saturated rings. The molecule has 0 spiro atoms. The third-order valence-corrected chi connectivity index (χ3v) is 4.67. The summed E-state index contributed by atoms with van der Waals surface area (Å²) in [6.07, 6.45) is 4.71. The second-order valence-corrected chi connectivity index (χ2v) is 7.86. The number of benzene rings is 2. The molecule has 0 aliphatic heterocycles. The number of para-hydroxylation sites is 1. The Morgan fingerprint density at radius 3 is 2.61 bits per heavy atom. The first kappa shape index (κ1) is 22.2. The molecule has 0 unspecified atom stereocenters. The highest BCUT2D eigenvalue weighted by Gasteiger charge is 2.15. The fourth-order valence-electron chi connectivity index (χ4n) is 3.22. The summed E-state index contributed by atoms with van der Waals surface area (Å²) in [5.74, 6) is 0.653. The van der Waals surface area contributed by atoms with Gasteiger partial charge >= 0.3 is 6.03 Å². The Hall–Kier alpha value is -3.48. The topological polar surface area (TPSA) is 71.4 Å². The van der Waals surface area contributed by atoms with E-state index in [0.717, 1.165) is 29.9 Å². The minimum absolute atomic E-state index is 0.0480. The Morgan fingerprint density at radius 2 is 1.90 bits per heavy atom. The van der Waals surface area contributed by atoms with Gasteiger partial charge < -0.3 is 24.8 Å². The lowest BCUT2D eigenvalue weighted by molar-refractivity contribution is 0.249. The Balaban J connectivity index is 1.60. The van der Waals surface area contributed by atoms with Crippen LogP contribution in [0.1, 0.15) is 20.3 Å². The lowest BCUT2D eigenvalue weighted by atomic mass is 10.2. The fraction of sp³-hybridized carbons (Fsp3) is 0.333. The number of carbonyl (C=O) groups is 1. The SMILES string of the molecule is CC(C)NC(=O)Nc1c(OCCCn2cnc(-c3ccccc3)c2)cccc1N(C)C. The number of aromatic nitrogens is 2. The summed E-state index contributed by atoms with van der Waals surface area (Å²) < 4.78 is 8.11. The van der Waals surface area contributed by atoms with E-state index in [1.54, 1.807) is 0 Å². The van der Waals surface area contributed by atoms with Crippen LogP contribution in [0.15, 0.2) is 61.1 Å². The van der Waals surface area contributed by atoms with Crippen molar-refractivity contribution in [3.05, 3.63) is 61.1 Å². The Labute approximate surface area is 184 Å². The quantitative estimate of drug-likeness (QED) is 0.495. The van der Waals surface area contributed by atoms with E-state index in [9.17, 15) is 4.79 Å². The number of hydrogen-bond donors (Lipinski definition) is 2.